The van der Waals surface area contributed by atoms with Gasteiger partial charge in [-0.25, -0.2) is 0 Å². The van der Waals surface area contributed by atoms with Crippen LogP contribution < -0.4 is 9.64 Å². The van der Waals surface area contributed by atoms with Gasteiger partial charge in [0.25, 0.3) is 0 Å². The van der Waals surface area contributed by atoms with Crippen LogP contribution in [0.15, 0.2) is 48.5 Å². The molecule has 0 unspecified atom stereocenters. The maximum absolute atomic E-state index is 12.8. The number of para-hydroxylation sites is 1. The molecule has 5 nitrogen and oxygen atoms in total. The number of fused-ring (bicyclic) bond motifs is 1. The molecule has 0 bridgehead atoms. The Balaban J connectivity index is 1.27. The standard InChI is InChI=1S/C23H29N3O2/c1-2-26(21-6-4-3-5-7-21)23(27)18-25-13-11-24(12-14-25)17-19-8-9-22-20(16-19)10-15-28-22/h3-9,16H,2,10-15,17-18H2,1H3. The van der Waals surface area contributed by atoms with Gasteiger partial charge in [0, 0.05) is 51.4 Å². The molecule has 1 amide bonds. The monoisotopic (exact) mass is 379 g/mol. The van der Waals surface area contributed by atoms with Crippen molar-refractivity contribution in [2.75, 3.05) is 50.8 Å². The van der Waals surface area contributed by atoms with Crippen LogP contribution in [0.2, 0.25) is 0 Å². The lowest BCUT2D eigenvalue weighted by Crippen LogP contribution is -2.49. The van der Waals surface area contributed by atoms with Crippen molar-refractivity contribution in [3.8, 4) is 5.75 Å². The number of likely N-dealkylation sites (N-methyl/N-ethyl adjacent to an activating group) is 1. The van der Waals surface area contributed by atoms with Gasteiger partial charge in [-0.3, -0.25) is 14.6 Å². The van der Waals surface area contributed by atoms with Crippen LogP contribution in [0.1, 0.15) is 18.1 Å². The van der Waals surface area contributed by atoms with Crippen molar-refractivity contribution in [1.82, 2.24) is 9.80 Å². The van der Waals surface area contributed by atoms with E-state index in [1.165, 1.54) is 11.1 Å². The smallest absolute Gasteiger partial charge is 0.241 e. The summed E-state index contributed by atoms with van der Waals surface area (Å²) in [5, 5.41) is 0. The van der Waals surface area contributed by atoms with Gasteiger partial charge in [-0.1, -0.05) is 30.3 Å². The summed E-state index contributed by atoms with van der Waals surface area (Å²) in [5.74, 6) is 1.23. The fourth-order valence-corrected chi connectivity index (χ4v) is 4.09. The molecule has 0 saturated carbocycles. The van der Waals surface area contributed by atoms with Gasteiger partial charge in [-0.15, -0.1) is 0 Å². The number of anilines is 1. The van der Waals surface area contributed by atoms with Crippen molar-refractivity contribution in [2.45, 2.75) is 19.9 Å². The maximum Gasteiger partial charge on any atom is 0.241 e. The average molecular weight is 380 g/mol. The molecule has 5 heteroatoms. The molecule has 0 aliphatic carbocycles. The van der Waals surface area contributed by atoms with Gasteiger partial charge in [-0.05, 0) is 36.2 Å². The van der Waals surface area contributed by atoms with Gasteiger partial charge in [0.05, 0.1) is 13.2 Å². The van der Waals surface area contributed by atoms with Gasteiger partial charge >= 0.3 is 0 Å². The molecule has 1 saturated heterocycles. The van der Waals surface area contributed by atoms with Crippen molar-refractivity contribution < 1.29 is 9.53 Å². The van der Waals surface area contributed by atoms with Crippen LogP contribution in [-0.4, -0.2) is 61.6 Å². The van der Waals surface area contributed by atoms with E-state index in [2.05, 4.69) is 28.0 Å². The molecule has 2 aromatic carbocycles. The minimum absolute atomic E-state index is 0.181. The third kappa shape index (κ3) is 4.37. The number of nitrogens with zero attached hydrogens (tertiary/aromatic N) is 3. The summed E-state index contributed by atoms with van der Waals surface area (Å²) in [6, 6.07) is 16.5. The molecule has 28 heavy (non-hydrogen) atoms. The third-order valence-corrected chi connectivity index (χ3v) is 5.67. The zero-order chi connectivity index (χ0) is 19.3. The van der Waals surface area contributed by atoms with Crippen LogP contribution in [-0.2, 0) is 17.8 Å². The van der Waals surface area contributed by atoms with Crippen LogP contribution >= 0.6 is 0 Å². The summed E-state index contributed by atoms with van der Waals surface area (Å²) < 4.78 is 5.60. The molecule has 0 aromatic heterocycles. The van der Waals surface area contributed by atoms with Crippen LogP contribution in [0.3, 0.4) is 0 Å². The number of carbonyl (C=O) groups is 1. The number of benzene rings is 2. The highest BCUT2D eigenvalue weighted by Crippen LogP contribution is 2.26. The average Bonchev–Trinajstić information content (AvgIpc) is 3.19. The Morgan fingerprint density at radius 2 is 1.79 bits per heavy atom. The Hall–Kier alpha value is -2.37. The van der Waals surface area contributed by atoms with Crippen molar-refractivity contribution >= 4 is 11.6 Å². The van der Waals surface area contributed by atoms with E-state index in [1.54, 1.807) is 0 Å². The quantitative estimate of drug-likeness (QED) is 0.773. The first-order valence-corrected chi connectivity index (χ1v) is 10.3. The van der Waals surface area contributed by atoms with E-state index < -0.39 is 0 Å². The minimum Gasteiger partial charge on any atom is -0.493 e. The second kappa shape index (κ2) is 8.76. The van der Waals surface area contributed by atoms with Crippen molar-refractivity contribution in [3.63, 3.8) is 0 Å². The number of amides is 1. The number of ether oxygens (including phenoxy) is 1. The summed E-state index contributed by atoms with van der Waals surface area (Å²) in [7, 11) is 0. The van der Waals surface area contributed by atoms with Crippen LogP contribution in [0.4, 0.5) is 5.69 Å². The van der Waals surface area contributed by atoms with Gasteiger partial charge in [-0.2, -0.15) is 0 Å². The highest BCUT2D eigenvalue weighted by molar-refractivity contribution is 5.94. The predicted octanol–water partition coefficient (Wildman–Crippen LogP) is 2.79. The van der Waals surface area contributed by atoms with Gasteiger partial charge < -0.3 is 9.64 Å². The largest absolute Gasteiger partial charge is 0.493 e. The zero-order valence-electron chi connectivity index (χ0n) is 16.6. The Morgan fingerprint density at radius 3 is 2.54 bits per heavy atom. The predicted molar refractivity (Wildman–Crippen MR) is 112 cm³/mol. The number of hydrogen-bond donors (Lipinski definition) is 0. The maximum atomic E-state index is 12.8. The van der Waals surface area contributed by atoms with E-state index >= 15 is 0 Å². The first kappa shape index (κ1) is 19.0. The molecule has 0 N–H and O–H groups in total. The number of carbonyl (C=O) groups excluding carboxylic acids is 1. The topological polar surface area (TPSA) is 36.0 Å². The molecule has 0 spiro atoms. The molecule has 0 radical (unpaired) electrons. The number of rotatable bonds is 6. The highest BCUT2D eigenvalue weighted by atomic mass is 16.5. The van der Waals surface area contributed by atoms with Crippen molar-refractivity contribution in [3.05, 3.63) is 59.7 Å². The van der Waals surface area contributed by atoms with E-state index in [1.807, 2.05) is 42.2 Å². The Bertz CT molecular complexity index is 801. The first-order valence-electron chi connectivity index (χ1n) is 10.3. The zero-order valence-corrected chi connectivity index (χ0v) is 16.6. The molecule has 148 valence electrons. The molecule has 2 aliphatic rings. The lowest BCUT2D eigenvalue weighted by molar-refractivity contribution is -0.120. The van der Waals surface area contributed by atoms with E-state index in [-0.39, 0.29) is 5.91 Å². The van der Waals surface area contributed by atoms with E-state index in [0.29, 0.717) is 13.1 Å². The fourth-order valence-electron chi connectivity index (χ4n) is 4.09. The van der Waals surface area contributed by atoms with Gasteiger partial charge in [0.1, 0.15) is 5.75 Å². The Kier molecular flexibility index (Phi) is 5.93. The highest BCUT2D eigenvalue weighted by Gasteiger charge is 2.22. The molecule has 2 heterocycles. The normalized spacial score (nSPS) is 17.2. The molecular weight excluding hydrogens is 350 g/mol. The molecule has 0 atom stereocenters. The molecule has 1 fully saturated rings. The Labute approximate surface area is 167 Å². The number of piperazine rings is 1. The summed E-state index contributed by atoms with van der Waals surface area (Å²) in [6.07, 6.45) is 1.02. The fraction of sp³-hybridized carbons (Fsp3) is 0.435. The third-order valence-electron chi connectivity index (χ3n) is 5.67. The minimum atomic E-state index is 0.181. The molecule has 2 aliphatic heterocycles. The van der Waals surface area contributed by atoms with E-state index in [0.717, 1.165) is 57.2 Å². The van der Waals surface area contributed by atoms with Gasteiger partial charge in [0.15, 0.2) is 0 Å². The SMILES string of the molecule is CCN(C(=O)CN1CCN(Cc2ccc3c(c2)CCO3)CC1)c1ccccc1. The van der Waals surface area contributed by atoms with Crippen LogP contribution in [0.25, 0.3) is 0 Å². The molecular formula is C23H29N3O2. The van der Waals surface area contributed by atoms with Crippen molar-refractivity contribution in [1.29, 1.82) is 0 Å². The first-order chi connectivity index (χ1) is 13.7. The lowest BCUT2D eigenvalue weighted by Gasteiger charge is -2.35. The van der Waals surface area contributed by atoms with Crippen molar-refractivity contribution in [2.24, 2.45) is 0 Å². The van der Waals surface area contributed by atoms with E-state index in [4.69, 9.17) is 4.74 Å². The number of hydrogen-bond acceptors (Lipinski definition) is 4. The second-order valence-corrected chi connectivity index (χ2v) is 7.57. The summed E-state index contributed by atoms with van der Waals surface area (Å²) in [4.78, 5) is 19.4. The summed E-state index contributed by atoms with van der Waals surface area (Å²) in [6.45, 7) is 8.88. The lowest BCUT2D eigenvalue weighted by atomic mass is 10.1. The Morgan fingerprint density at radius 1 is 1.04 bits per heavy atom. The molecule has 2 aromatic rings. The van der Waals surface area contributed by atoms with E-state index in [9.17, 15) is 4.79 Å². The molecule has 4 rings (SSSR count). The van der Waals surface area contributed by atoms with Crippen LogP contribution in [0, 0.1) is 0 Å². The summed E-state index contributed by atoms with van der Waals surface area (Å²) >= 11 is 0. The summed E-state index contributed by atoms with van der Waals surface area (Å²) in [5.41, 5.74) is 3.67. The van der Waals surface area contributed by atoms with Gasteiger partial charge in [0.2, 0.25) is 5.91 Å². The second-order valence-electron chi connectivity index (χ2n) is 7.57. The van der Waals surface area contributed by atoms with Crippen LogP contribution in [0.5, 0.6) is 5.75 Å².